The number of imide groups is 1. The van der Waals surface area contributed by atoms with Gasteiger partial charge in [0.05, 0.1) is 17.9 Å². The lowest BCUT2D eigenvalue weighted by Crippen LogP contribution is -2.51. The van der Waals surface area contributed by atoms with Crippen LogP contribution in [0.2, 0.25) is 10.0 Å². The summed E-state index contributed by atoms with van der Waals surface area (Å²) in [6.45, 7) is 0. The van der Waals surface area contributed by atoms with Crippen LogP contribution >= 0.6 is 23.2 Å². The Morgan fingerprint density at radius 1 is 0.879 bits per heavy atom. The van der Waals surface area contributed by atoms with Crippen LogP contribution in [0.25, 0.3) is 0 Å². The first-order chi connectivity index (χ1) is 15.9. The zero-order valence-electron chi connectivity index (χ0n) is 17.4. The second-order valence-corrected chi connectivity index (χ2v) is 9.98. The molecule has 33 heavy (non-hydrogen) atoms. The molecule has 3 fully saturated rings. The molecular formula is C25H19Cl2NO5. The Morgan fingerprint density at radius 2 is 1.52 bits per heavy atom. The van der Waals surface area contributed by atoms with Crippen molar-refractivity contribution in [3.8, 4) is 0 Å². The fraction of sp³-hybridized carbons (Fsp3) is 0.360. The summed E-state index contributed by atoms with van der Waals surface area (Å²) in [6, 6.07) is 11.0. The molecule has 0 radical (unpaired) electrons. The van der Waals surface area contributed by atoms with E-state index in [0.717, 1.165) is 25.7 Å². The minimum Gasteiger partial charge on any atom is -0.349 e. The number of carbonyl (C=O) groups is 4. The number of hydrogen-bond donors (Lipinski definition) is 0. The number of ether oxygens (including phenoxy) is 1. The summed E-state index contributed by atoms with van der Waals surface area (Å²) in [4.78, 5) is 56.2. The van der Waals surface area contributed by atoms with Gasteiger partial charge in [0.25, 0.3) is 0 Å². The van der Waals surface area contributed by atoms with Crippen LogP contribution in [-0.2, 0) is 14.3 Å². The fourth-order valence-electron chi connectivity index (χ4n) is 6.08. The van der Waals surface area contributed by atoms with E-state index in [9.17, 15) is 19.2 Å². The van der Waals surface area contributed by atoms with Gasteiger partial charge in [-0.25, -0.2) is 0 Å². The molecule has 6 nitrogen and oxygen atoms in total. The van der Waals surface area contributed by atoms with Crippen LogP contribution in [0.5, 0.6) is 0 Å². The Kier molecular flexibility index (Phi) is 4.60. The number of ketones is 2. The summed E-state index contributed by atoms with van der Waals surface area (Å²) in [7, 11) is 0. The number of carbonyl (C=O) groups excluding carboxylic acids is 4. The average Bonchev–Trinajstić information content (AvgIpc) is 3.53. The first-order valence-electron chi connectivity index (χ1n) is 11.0. The fourth-order valence-corrected chi connectivity index (χ4v) is 6.59. The maximum Gasteiger partial charge on any atom is 0.237 e. The normalized spacial score (nSPS) is 28.3. The largest absolute Gasteiger partial charge is 0.349 e. The lowest BCUT2D eigenvalue weighted by atomic mass is 9.77. The van der Waals surface area contributed by atoms with E-state index < -0.39 is 46.9 Å². The van der Waals surface area contributed by atoms with E-state index in [1.54, 1.807) is 36.4 Å². The molecule has 2 aromatic rings. The van der Waals surface area contributed by atoms with Crippen molar-refractivity contribution in [1.29, 1.82) is 0 Å². The Labute approximate surface area is 199 Å². The predicted molar refractivity (Wildman–Crippen MR) is 119 cm³/mol. The maximum absolute atomic E-state index is 13.8. The third-order valence-corrected chi connectivity index (χ3v) is 8.07. The van der Waals surface area contributed by atoms with Gasteiger partial charge in [0.1, 0.15) is 0 Å². The number of halogens is 2. The molecule has 2 aliphatic heterocycles. The lowest BCUT2D eigenvalue weighted by molar-refractivity contribution is -0.147. The van der Waals surface area contributed by atoms with Gasteiger partial charge in [-0.1, -0.05) is 66.4 Å². The molecule has 0 N–H and O–H groups in total. The smallest absolute Gasteiger partial charge is 0.237 e. The van der Waals surface area contributed by atoms with Crippen LogP contribution < -0.4 is 0 Å². The third-order valence-electron chi connectivity index (χ3n) is 7.51. The molecule has 2 saturated heterocycles. The molecule has 2 aromatic carbocycles. The maximum atomic E-state index is 13.8. The molecule has 4 aliphatic rings. The van der Waals surface area contributed by atoms with E-state index in [-0.39, 0.29) is 22.2 Å². The lowest BCUT2D eigenvalue weighted by Gasteiger charge is -2.29. The zero-order valence-corrected chi connectivity index (χ0v) is 18.9. The van der Waals surface area contributed by atoms with E-state index in [1.165, 1.54) is 11.0 Å². The van der Waals surface area contributed by atoms with E-state index >= 15 is 0 Å². The van der Waals surface area contributed by atoms with Crippen molar-refractivity contribution in [1.82, 2.24) is 4.90 Å². The van der Waals surface area contributed by atoms with E-state index in [4.69, 9.17) is 27.9 Å². The molecule has 2 amide bonds. The van der Waals surface area contributed by atoms with Crippen molar-refractivity contribution in [2.24, 2.45) is 11.8 Å². The Balaban J connectivity index is 1.54. The number of fused-ring (bicyclic) bond motifs is 3. The van der Waals surface area contributed by atoms with Crippen molar-refractivity contribution in [2.45, 2.75) is 43.4 Å². The number of likely N-dealkylation sites (tertiary alicyclic amines) is 1. The topological polar surface area (TPSA) is 80.8 Å². The summed E-state index contributed by atoms with van der Waals surface area (Å²) in [5.41, 5.74) is -1.21. The molecule has 8 heteroatoms. The standard InChI is InChI=1S/C25H19Cl2NO5/c26-12-9-10-16(17(27)11-12)20-18-19(24(32)28(23(18)31)13-5-1-2-6-13)25(33-20)21(29)14-7-3-4-8-15(14)22(25)30/h3-4,7-11,13,18-20H,1-2,5-6H2/t18-,19-,20+/m1/s1. The molecular weight excluding hydrogens is 465 g/mol. The minimum atomic E-state index is -2.07. The highest BCUT2D eigenvalue weighted by molar-refractivity contribution is 6.36. The van der Waals surface area contributed by atoms with Gasteiger partial charge in [-0.15, -0.1) is 0 Å². The average molecular weight is 484 g/mol. The number of hydrogen-bond acceptors (Lipinski definition) is 5. The van der Waals surface area contributed by atoms with Crippen molar-refractivity contribution in [2.75, 3.05) is 0 Å². The number of rotatable bonds is 2. The van der Waals surface area contributed by atoms with Gasteiger partial charge in [-0.3, -0.25) is 24.1 Å². The van der Waals surface area contributed by atoms with Crippen LogP contribution in [0.15, 0.2) is 42.5 Å². The monoisotopic (exact) mass is 483 g/mol. The molecule has 0 unspecified atom stereocenters. The van der Waals surface area contributed by atoms with Gasteiger partial charge < -0.3 is 4.74 Å². The SMILES string of the molecule is O=C1[C@H]2[C@H](c3ccc(Cl)cc3Cl)OC3(C(=O)c4ccccc4C3=O)[C@H]2C(=O)N1C1CCCC1. The highest BCUT2D eigenvalue weighted by atomic mass is 35.5. The molecule has 168 valence electrons. The summed E-state index contributed by atoms with van der Waals surface area (Å²) < 4.78 is 6.25. The number of nitrogens with zero attached hydrogens (tertiary/aromatic N) is 1. The van der Waals surface area contributed by atoms with Gasteiger partial charge in [-0.2, -0.15) is 0 Å². The van der Waals surface area contributed by atoms with Crippen LogP contribution in [0.1, 0.15) is 58.1 Å². The summed E-state index contributed by atoms with van der Waals surface area (Å²) >= 11 is 12.5. The van der Waals surface area contributed by atoms with Crippen molar-refractivity contribution in [3.05, 3.63) is 69.2 Å². The van der Waals surface area contributed by atoms with Crippen LogP contribution in [0.4, 0.5) is 0 Å². The van der Waals surface area contributed by atoms with Gasteiger partial charge in [0, 0.05) is 32.8 Å². The number of amides is 2. The Bertz CT molecular complexity index is 1220. The molecule has 0 aromatic heterocycles. The molecule has 6 rings (SSSR count). The van der Waals surface area contributed by atoms with Crippen molar-refractivity contribution < 1.29 is 23.9 Å². The third kappa shape index (κ3) is 2.66. The first kappa shape index (κ1) is 21.0. The van der Waals surface area contributed by atoms with Crippen LogP contribution in [0, 0.1) is 11.8 Å². The molecule has 1 saturated carbocycles. The van der Waals surface area contributed by atoms with Gasteiger partial charge >= 0.3 is 0 Å². The summed E-state index contributed by atoms with van der Waals surface area (Å²) in [5, 5.41) is 0.646. The quantitative estimate of drug-likeness (QED) is 0.466. The summed E-state index contributed by atoms with van der Waals surface area (Å²) in [6.07, 6.45) is 2.27. The van der Waals surface area contributed by atoms with Crippen molar-refractivity contribution >= 4 is 46.6 Å². The van der Waals surface area contributed by atoms with Crippen molar-refractivity contribution in [3.63, 3.8) is 0 Å². The van der Waals surface area contributed by atoms with E-state index in [0.29, 0.717) is 10.6 Å². The van der Waals surface area contributed by atoms with E-state index in [1.807, 2.05) is 0 Å². The molecule has 3 atom stereocenters. The van der Waals surface area contributed by atoms with Gasteiger partial charge in [0.15, 0.2) is 0 Å². The van der Waals surface area contributed by atoms with Crippen LogP contribution in [0.3, 0.4) is 0 Å². The minimum absolute atomic E-state index is 0.212. The Morgan fingerprint density at radius 3 is 2.12 bits per heavy atom. The number of benzene rings is 2. The molecule has 2 heterocycles. The van der Waals surface area contributed by atoms with Gasteiger partial charge in [-0.05, 0) is 25.0 Å². The zero-order chi connectivity index (χ0) is 23.1. The highest BCUT2D eigenvalue weighted by Gasteiger charge is 2.75. The first-order valence-corrected chi connectivity index (χ1v) is 11.8. The van der Waals surface area contributed by atoms with Gasteiger partial charge in [0.2, 0.25) is 29.0 Å². The highest BCUT2D eigenvalue weighted by Crippen LogP contribution is 2.58. The summed E-state index contributed by atoms with van der Waals surface area (Å²) in [5.74, 6) is -4.28. The molecule has 0 bridgehead atoms. The van der Waals surface area contributed by atoms with Crippen LogP contribution in [-0.4, -0.2) is 39.9 Å². The van der Waals surface area contributed by atoms with E-state index in [2.05, 4.69) is 0 Å². The number of Topliss-reactive ketones (excluding diaryl/α,β-unsaturated/α-hetero) is 2. The molecule has 2 aliphatic carbocycles. The second kappa shape index (κ2) is 7.23. The second-order valence-electron chi connectivity index (χ2n) is 9.13. The Hall–Kier alpha value is -2.54. The predicted octanol–water partition coefficient (Wildman–Crippen LogP) is 4.43. The molecule has 1 spiro atoms.